The summed E-state index contributed by atoms with van der Waals surface area (Å²) in [7, 11) is 0. The van der Waals surface area contributed by atoms with E-state index in [0.717, 1.165) is 11.4 Å². The Hall–Kier alpha value is -1.26. The number of hydrogen-bond donors (Lipinski definition) is 1. The molecule has 0 aliphatic rings. The van der Waals surface area contributed by atoms with Crippen molar-refractivity contribution < 1.29 is 0 Å². The van der Waals surface area contributed by atoms with Gasteiger partial charge in [0.25, 0.3) is 0 Å². The van der Waals surface area contributed by atoms with Gasteiger partial charge in [0, 0.05) is 17.6 Å². The molecule has 15 heavy (non-hydrogen) atoms. The molecule has 3 nitrogen and oxygen atoms in total. The van der Waals surface area contributed by atoms with Crippen LogP contribution in [0.3, 0.4) is 0 Å². The Morgan fingerprint density at radius 3 is 2.80 bits per heavy atom. The van der Waals surface area contributed by atoms with Gasteiger partial charge in [0.15, 0.2) is 0 Å². The van der Waals surface area contributed by atoms with Crippen molar-refractivity contribution in [2.45, 2.75) is 11.4 Å². The largest absolute Gasteiger partial charge is 0.325 e. The van der Waals surface area contributed by atoms with Gasteiger partial charge in [-0.15, -0.1) is 11.8 Å². The predicted molar refractivity (Wildman–Crippen MR) is 63.2 cm³/mol. The van der Waals surface area contributed by atoms with Gasteiger partial charge in [-0.2, -0.15) is 5.10 Å². The fourth-order valence-electron chi connectivity index (χ4n) is 1.42. The normalized spacial score (nSPS) is 10.5. The fourth-order valence-corrected chi connectivity index (χ4v) is 2.01. The quantitative estimate of drug-likeness (QED) is 0.803. The molecule has 0 saturated carbocycles. The second-order valence-corrected chi connectivity index (χ2v) is 3.98. The summed E-state index contributed by atoms with van der Waals surface area (Å²) >= 11 is 1.72. The highest BCUT2D eigenvalue weighted by Crippen LogP contribution is 2.22. The predicted octanol–water partition coefficient (Wildman–Crippen LogP) is 2.05. The van der Waals surface area contributed by atoms with E-state index >= 15 is 0 Å². The van der Waals surface area contributed by atoms with Crippen molar-refractivity contribution in [2.24, 2.45) is 5.73 Å². The van der Waals surface area contributed by atoms with Crippen LogP contribution in [0.5, 0.6) is 0 Å². The maximum atomic E-state index is 5.53. The van der Waals surface area contributed by atoms with Crippen molar-refractivity contribution in [1.29, 1.82) is 0 Å². The summed E-state index contributed by atoms with van der Waals surface area (Å²) < 4.78 is 1.87. The molecule has 0 aliphatic heterocycles. The lowest BCUT2D eigenvalue weighted by atomic mass is 10.3. The van der Waals surface area contributed by atoms with Gasteiger partial charge in [0.1, 0.15) is 0 Å². The molecule has 0 radical (unpaired) electrons. The Morgan fingerprint density at radius 1 is 1.33 bits per heavy atom. The van der Waals surface area contributed by atoms with Crippen LogP contribution in [-0.4, -0.2) is 16.0 Å². The van der Waals surface area contributed by atoms with Gasteiger partial charge < -0.3 is 5.73 Å². The van der Waals surface area contributed by atoms with Crippen LogP contribution in [0.15, 0.2) is 41.4 Å². The maximum absolute atomic E-state index is 5.53. The molecule has 0 aliphatic carbocycles. The molecule has 2 rings (SSSR count). The summed E-state index contributed by atoms with van der Waals surface area (Å²) in [6.45, 7) is 0.481. The van der Waals surface area contributed by atoms with E-state index in [1.807, 2.05) is 29.1 Å². The first-order valence-electron chi connectivity index (χ1n) is 4.73. The summed E-state index contributed by atoms with van der Waals surface area (Å²) in [5.41, 5.74) is 7.54. The SMILES string of the molecule is CSc1ccccc1-n1ccc(CN)n1. The van der Waals surface area contributed by atoms with E-state index in [1.54, 1.807) is 11.8 Å². The molecule has 0 unspecified atom stereocenters. The van der Waals surface area contributed by atoms with Crippen molar-refractivity contribution in [2.75, 3.05) is 6.26 Å². The van der Waals surface area contributed by atoms with Crippen LogP contribution in [0.1, 0.15) is 5.69 Å². The number of aromatic nitrogens is 2. The van der Waals surface area contributed by atoms with Crippen LogP contribution in [0.4, 0.5) is 0 Å². The van der Waals surface area contributed by atoms with Crippen molar-refractivity contribution >= 4 is 11.8 Å². The molecule has 0 atom stereocenters. The molecule has 0 saturated heterocycles. The first kappa shape index (κ1) is 10.3. The molecule has 0 spiro atoms. The van der Waals surface area contributed by atoms with Gasteiger partial charge >= 0.3 is 0 Å². The number of hydrogen-bond acceptors (Lipinski definition) is 3. The first-order chi connectivity index (χ1) is 7.35. The second kappa shape index (κ2) is 4.51. The summed E-state index contributed by atoms with van der Waals surface area (Å²) in [4.78, 5) is 1.21. The molecule has 4 heteroatoms. The third-order valence-electron chi connectivity index (χ3n) is 2.19. The molecule has 0 fully saturated rings. The number of nitrogens with two attached hydrogens (primary N) is 1. The molecule has 0 amide bonds. The zero-order valence-electron chi connectivity index (χ0n) is 8.55. The minimum absolute atomic E-state index is 0.481. The van der Waals surface area contributed by atoms with E-state index in [1.165, 1.54) is 4.90 Å². The molecule has 2 N–H and O–H groups in total. The molecule has 1 aromatic heterocycles. The van der Waals surface area contributed by atoms with Crippen LogP contribution < -0.4 is 5.73 Å². The average molecular weight is 219 g/mol. The lowest BCUT2D eigenvalue weighted by Gasteiger charge is -2.06. The Bertz CT molecular complexity index is 451. The molecular weight excluding hydrogens is 206 g/mol. The Kier molecular flexibility index (Phi) is 3.08. The fraction of sp³-hybridized carbons (Fsp3) is 0.182. The van der Waals surface area contributed by atoms with Crippen molar-refractivity contribution in [3.63, 3.8) is 0 Å². The summed E-state index contributed by atoms with van der Waals surface area (Å²) in [5, 5.41) is 4.39. The summed E-state index contributed by atoms with van der Waals surface area (Å²) in [6.07, 6.45) is 4.00. The number of nitrogens with zero attached hydrogens (tertiary/aromatic N) is 2. The number of thioether (sulfide) groups is 1. The van der Waals surface area contributed by atoms with Crippen molar-refractivity contribution in [3.8, 4) is 5.69 Å². The first-order valence-corrected chi connectivity index (χ1v) is 5.95. The van der Waals surface area contributed by atoms with E-state index < -0.39 is 0 Å². The molecule has 1 heterocycles. The van der Waals surface area contributed by atoms with E-state index in [0.29, 0.717) is 6.54 Å². The van der Waals surface area contributed by atoms with Crippen LogP contribution in [0.2, 0.25) is 0 Å². The van der Waals surface area contributed by atoms with E-state index in [-0.39, 0.29) is 0 Å². The highest BCUT2D eigenvalue weighted by Gasteiger charge is 2.04. The smallest absolute Gasteiger partial charge is 0.0781 e. The molecule has 1 aromatic carbocycles. The van der Waals surface area contributed by atoms with Gasteiger partial charge in [-0.05, 0) is 24.5 Å². The zero-order chi connectivity index (χ0) is 10.7. The molecule has 0 bridgehead atoms. The highest BCUT2D eigenvalue weighted by molar-refractivity contribution is 7.98. The topological polar surface area (TPSA) is 43.8 Å². The Labute approximate surface area is 93.3 Å². The van der Waals surface area contributed by atoms with Crippen molar-refractivity contribution in [1.82, 2.24) is 9.78 Å². The lowest BCUT2D eigenvalue weighted by molar-refractivity contribution is 0.821. The third-order valence-corrected chi connectivity index (χ3v) is 2.97. The van der Waals surface area contributed by atoms with Crippen LogP contribution in [0, 0.1) is 0 Å². The minimum Gasteiger partial charge on any atom is -0.325 e. The number of rotatable bonds is 3. The minimum atomic E-state index is 0.481. The lowest BCUT2D eigenvalue weighted by Crippen LogP contribution is -2.01. The van der Waals surface area contributed by atoms with Gasteiger partial charge in [0.2, 0.25) is 0 Å². The van der Waals surface area contributed by atoms with Gasteiger partial charge in [-0.25, -0.2) is 4.68 Å². The molecule has 2 aromatic rings. The molecular formula is C11H13N3S. The van der Waals surface area contributed by atoms with Crippen LogP contribution >= 0.6 is 11.8 Å². The van der Waals surface area contributed by atoms with E-state index in [4.69, 9.17) is 5.73 Å². The average Bonchev–Trinajstić information content (AvgIpc) is 2.77. The maximum Gasteiger partial charge on any atom is 0.0781 e. The Balaban J connectivity index is 2.44. The summed E-state index contributed by atoms with van der Waals surface area (Å²) in [6, 6.07) is 10.1. The van der Waals surface area contributed by atoms with Gasteiger partial charge in [-0.1, -0.05) is 12.1 Å². The van der Waals surface area contributed by atoms with Gasteiger partial charge in [-0.3, -0.25) is 0 Å². The van der Waals surface area contributed by atoms with Crippen LogP contribution in [0.25, 0.3) is 5.69 Å². The van der Waals surface area contributed by atoms with Crippen LogP contribution in [-0.2, 0) is 6.54 Å². The highest BCUT2D eigenvalue weighted by atomic mass is 32.2. The number of benzene rings is 1. The standard InChI is InChI=1S/C11H13N3S/c1-15-11-5-3-2-4-10(11)14-7-6-9(8-12)13-14/h2-7H,8,12H2,1H3. The van der Waals surface area contributed by atoms with Crippen molar-refractivity contribution in [3.05, 3.63) is 42.2 Å². The van der Waals surface area contributed by atoms with Gasteiger partial charge in [0.05, 0.1) is 11.4 Å². The monoisotopic (exact) mass is 219 g/mol. The molecule has 78 valence electrons. The summed E-state index contributed by atoms with van der Waals surface area (Å²) in [5.74, 6) is 0. The Morgan fingerprint density at radius 2 is 2.13 bits per heavy atom. The zero-order valence-corrected chi connectivity index (χ0v) is 9.37. The van der Waals surface area contributed by atoms with E-state index in [9.17, 15) is 0 Å². The number of para-hydroxylation sites is 1. The van der Waals surface area contributed by atoms with E-state index in [2.05, 4.69) is 23.5 Å². The third kappa shape index (κ3) is 2.06. The second-order valence-electron chi connectivity index (χ2n) is 3.13.